The van der Waals surface area contributed by atoms with Crippen LogP contribution in [-0.4, -0.2) is 26.5 Å². The third-order valence-corrected chi connectivity index (χ3v) is 2.96. The summed E-state index contributed by atoms with van der Waals surface area (Å²) in [7, 11) is 0. The molecule has 3 rings (SSSR count). The van der Waals surface area contributed by atoms with Crippen LogP contribution in [0.25, 0.3) is 5.69 Å². The molecule has 20 heavy (non-hydrogen) atoms. The molecule has 0 radical (unpaired) electrons. The van der Waals surface area contributed by atoms with Gasteiger partial charge in [-0.15, -0.1) is 0 Å². The van der Waals surface area contributed by atoms with Crippen LogP contribution in [0.1, 0.15) is 11.5 Å². The number of nitrogens with zero attached hydrogens (tertiary/aromatic N) is 4. The number of rotatable bonds is 6. The number of benzene rings is 1. The van der Waals surface area contributed by atoms with Crippen molar-refractivity contribution in [1.82, 2.24) is 25.2 Å². The lowest BCUT2D eigenvalue weighted by atomic mass is 10.2. The average Bonchev–Trinajstić information content (AvgIpc) is 3.17. The second kappa shape index (κ2) is 6.12. The summed E-state index contributed by atoms with van der Waals surface area (Å²) in [5, 5.41) is 11.1. The van der Waals surface area contributed by atoms with E-state index in [4.69, 9.17) is 4.52 Å². The van der Waals surface area contributed by atoms with Crippen LogP contribution < -0.4 is 5.32 Å². The summed E-state index contributed by atoms with van der Waals surface area (Å²) in [4.78, 5) is 3.97. The van der Waals surface area contributed by atoms with Gasteiger partial charge in [-0.1, -0.05) is 17.3 Å². The van der Waals surface area contributed by atoms with Gasteiger partial charge in [-0.05, 0) is 23.8 Å². The first-order chi connectivity index (χ1) is 9.92. The number of hydrogen-bond donors (Lipinski definition) is 1. The highest BCUT2D eigenvalue weighted by Crippen LogP contribution is 2.08. The molecular formula is C14H15N5O. The maximum Gasteiger partial charge on any atom is 0.227 e. The van der Waals surface area contributed by atoms with Gasteiger partial charge < -0.3 is 9.84 Å². The molecule has 102 valence electrons. The first kappa shape index (κ1) is 12.6. The molecule has 0 aliphatic rings. The van der Waals surface area contributed by atoms with Crippen LogP contribution in [0.2, 0.25) is 0 Å². The highest BCUT2D eigenvalue weighted by molar-refractivity contribution is 5.33. The van der Waals surface area contributed by atoms with Crippen molar-refractivity contribution in [1.29, 1.82) is 0 Å². The van der Waals surface area contributed by atoms with E-state index in [9.17, 15) is 0 Å². The number of nitrogens with one attached hydrogen (secondary N) is 1. The Morgan fingerprint density at radius 3 is 2.80 bits per heavy atom. The minimum absolute atomic E-state index is 0.659. The van der Waals surface area contributed by atoms with E-state index < -0.39 is 0 Å². The third-order valence-electron chi connectivity index (χ3n) is 2.96. The van der Waals surface area contributed by atoms with Crippen LogP contribution >= 0.6 is 0 Å². The predicted octanol–water partition coefficient (Wildman–Crippen LogP) is 1.59. The van der Waals surface area contributed by atoms with Crippen molar-refractivity contribution in [2.45, 2.75) is 13.0 Å². The van der Waals surface area contributed by atoms with E-state index in [1.807, 2.05) is 16.9 Å². The van der Waals surface area contributed by atoms with Gasteiger partial charge in [0.1, 0.15) is 0 Å². The smallest absolute Gasteiger partial charge is 0.227 e. The molecule has 2 heterocycles. The van der Waals surface area contributed by atoms with E-state index in [1.54, 1.807) is 6.20 Å². The zero-order valence-electron chi connectivity index (χ0n) is 10.9. The third kappa shape index (κ3) is 3.10. The first-order valence-corrected chi connectivity index (χ1v) is 6.47. The Kier molecular flexibility index (Phi) is 3.84. The van der Waals surface area contributed by atoms with Crippen molar-refractivity contribution >= 4 is 0 Å². The molecule has 0 spiro atoms. The lowest BCUT2D eigenvalue weighted by Gasteiger charge is -2.05. The van der Waals surface area contributed by atoms with Crippen molar-refractivity contribution in [3.63, 3.8) is 0 Å². The summed E-state index contributed by atoms with van der Waals surface area (Å²) in [6.45, 7) is 1.62. The molecule has 6 nitrogen and oxygen atoms in total. The van der Waals surface area contributed by atoms with Gasteiger partial charge in [0.2, 0.25) is 5.89 Å². The van der Waals surface area contributed by atoms with Gasteiger partial charge in [-0.25, -0.2) is 4.68 Å². The van der Waals surface area contributed by atoms with Gasteiger partial charge in [-0.3, -0.25) is 0 Å². The van der Waals surface area contributed by atoms with Gasteiger partial charge in [0.25, 0.3) is 0 Å². The zero-order chi connectivity index (χ0) is 13.6. The fraction of sp³-hybridized carbons (Fsp3) is 0.214. The Bertz CT molecular complexity index is 616. The van der Waals surface area contributed by atoms with Gasteiger partial charge in [-0.2, -0.15) is 10.1 Å². The van der Waals surface area contributed by atoms with Gasteiger partial charge >= 0.3 is 0 Å². The fourth-order valence-corrected chi connectivity index (χ4v) is 1.92. The second-order valence-corrected chi connectivity index (χ2v) is 4.38. The summed E-state index contributed by atoms with van der Waals surface area (Å²) in [6.07, 6.45) is 5.86. The monoisotopic (exact) mass is 269 g/mol. The molecule has 3 aromatic rings. The fourth-order valence-electron chi connectivity index (χ4n) is 1.92. The van der Waals surface area contributed by atoms with Crippen LogP contribution in [0.4, 0.5) is 0 Å². The average molecular weight is 269 g/mol. The number of hydrogen-bond acceptors (Lipinski definition) is 5. The summed E-state index contributed by atoms with van der Waals surface area (Å²) in [5.74, 6) is 0.659. The topological polar surface area (TPSA) is 68.8 Å². The summed E-state index contributed by atoms with van der Waals surface area (Å²) < 4.78 is 6.77. The van der Waals surface area contributed by atoms with Gasteiger partial charge in [0.05, 0.1) is 5.69 Å². The largest absolute Gasteiger partial charge is 0.340 e. The molecule has 0 saturated heterocycles. The highest BCUT2D eigenvalue weighted by Gasteiger charge is 1.99. The first-order valence-electron chi connectivity index (χ1n) is 6.47. The molecule has 0 saturated carbocycles. The molecule has 6 heteroatoms. The van der Waals surface area contributed by atoms with Crippen molar-refractivity contribution < 1.29 is 4.52 Å². The molecule has 0 amide bonds. The Balaban J connectivity index is 1.48. The molecule has 0 unspecified atom stereocenters. The molecule has 0 fully saturated rings. The molecule has 1 aromatic carbocycles. The van der Waals surface area contributed by atoms with E-state index in [-0.39, 0.29) is 0 Å². The second-order valence-electron chi connectivity index (χ2n) is 4.38. The molecule has 0 aliphatic heterocycles. The summed E-state index contributed by atoms with van der Waals surface area (Å²) in [6, 6.07) is 10.2. The minimum Gasteiger partial charge on any atom is -0.340 e. The Morgan fingerprint density at radius 2 is 2.10 bits per heavy atom. The normalized spacial score (nSPS) is 10.8. The van der Waals surface area contributed by atoms with Gasteiger partial charge in [0, 0.05) is 31.9 Å². The molecule has 2 aromatic heterocycles. The highest BCUT2D eigenvalue weighted by atomic mass is 16.5. The standard InChI is InChI=1S/C14H15N5O/c1-7-17-19(9-1)13-4-2-12(3-5-13)10-15-8-6-14-16-11-18-20-14/h1-5,7,9,11,15H,6,8,10H2. The van der Waals surface area contributed by atoms with E-state index >= 15 is 0 Å². The molecule has 0 atom stereocenters. The van der Waals surface area contributed by atoms with Crippen LogP contribution in [0.5, 0.6) is 0 Å². The van der Waals surface area contributed by atoms with E-state index in [2.05, 4.69) is 44.8 Å². The van der Waals surface area contributed by atoms with Crippen LogP contribution in [0.15, 0.2) is 53.6 Å². The zero-order valence-corrected chi connectivity index (χ0v) is 10.9. The Hall–Kier alpha value is -2.47. The van der Waals surface area contributed by atoms with E-state index in [0.29, 0.717) is 5.89 Å². The predicted molar refractivity (Wildman–Crippen MR) is 73.3 cm³/mol. The van der Waals surface area contributed by atoms with Crippen LogP contribution in [0, 0.1) is 0 Å². The van der Waals surface area contributed by atoms with Crippen molar-refractivity contribution in [2.75, 3.05) is 6.54 Å². The number of aromatic nitrogens is 4. The quantitative estimate of drug-likeness (QED) is 0.688. The Morgan fingerprint density at radius 1 is 1.20 bits per heavy atom. The maximum absolute atomic E-state index is 4.93. The lowest BCUT2D eigenvalue weighted by molar-refractivity contribution is 0.375. The van der Waals surface area contributed by atoms with Crippen LogP contribution in [-0.2, 0) is 13.0 Å². The SMILES string of the molecule is c1cnn(-c2ccc(CNCCc3ncno3)cc2)c1. The molecular weight excluding hydrogens is 254 g/mol. The van der Waals surface area contributed by atoms with Crippen molar-refractivity contribution in [3.05, 3.63) is 60.5 Å². The van der Waals surface area contributed by atoms with E-state index in [1.165, 1.54) is 11.9 Å². The lowest BCUT2D eigenvalue weighted by Crippen LogP contribution is -2.16. The van der Waals surface area contributed by atoms with Gasteiger partial charge in [0.15, 0.2) is 6.33 Å². The van der Waals surface area contributed by atoms with E-state index in [0.717, 1.165) is 25.2 Å². The van der Waals surface area contributed by atoms with Crippen molar-refractivity contribution in [3.8, 4) is 5.69 Å². The molecule has 0 aliphatic carbocycles. The minimum atomic E-state index is 0.659. The summed E-state index contributed by atoms with van der Waals surface area (Å²) in [5.41, 5.74) is 2.29. The Labute approximate surface area is 116 Å². The molecule has 0 bridgehead atoms. The summed E-state index contributed by atoms with van der Waals surface area (Å²) >= 11 is 0. The van der Waals surface area contributed by atoms with Crippen LogP contribution in [0.3, 0.4) is 0 Å². The molecule has 1 N–H and O–H groups in total. The van der Waals surface area contributed by atoms with Crippen molar-refractivity contribution in [2.24, 2.45) is 0 Å². The maximum atomic E-state index is 4.93.